The first kappa shape index (κ1) is 14.4. The van der Waals surface area contributed by atoms with Crippen molar-refractivity contribution in [3.8, 4) is 11.5 Å². The lowest BCUT2D eigenvalue weighted by molar-refractivity contribution is 0.0782. The summed E-state index contributed by atoms with van der Waals surface area (Å²) in [6.07, 6.45) is 3.14. The maximum Gasteiger partial charge on any atom is 0.257 e. The van der Waals surface area contributed by atoms with Crippen molar-refractivity contribution in [1.29, 1.82) is 0 Å². The zero-order chi connectivity index (χ0) is 15.8. The number of nitrogens with zero attached hydrogens (tertiary/aromatic N) is 3. The fourth-order valence-corrected chi connectivity index (χ4v) is 2.96. The summed E-state index contributed by atoms with van der Waals surface area (Å²) in [6, 6.07) is 7.28. The zero-order valence-electron chi connectivity index (χ0n) is 12.8. The van der Waals surface area contributed by atoms with E-state index in [4.69, 9.17) is 4.52 Å². The lowest BCUT2D eigenvalue weighted by atomic mass is 10.1. The number of rotatable bonds is 4. The average molecular weight is 313 g/mol. The van der Waals surface area contributed by atoms with Gasteiger partial charge in [0.15, 0.2) is 5.82 Å². The fourth-order valence-electron chi connectivity index (χ4n) is 2.96. The van der Waals surface area contributed by atoms with E-state index < -0.39 is 0 Å². The Labute approximate surface area is 134 Å². The molecule has 1 aromatic carbocycles. The molecule has 2 aromatic rings. The minimum Gasteiger partial charge on any atom is -0.396 e. The summed E-state index contributed by atoms with van der Waals surface area (Å²) < 4.78 is 5.30. The van der Waals surface area contributed by atoms with Gasteiger partial charge in [0.2, 0.25) is 0 Å². The second-order valence-corrected chi connectivity index (χ2v) is 6.40. The molecule has 0 spiro atoms. The molecular weight excluding hydrogens is 294 g/mol. The van der Waals surface area contributed by atoms with Crippen molar-refractivity contribution >= 4 is 5.91 Å². The van der Waals surface area contributed by atoms with Crippen molar-refractivity contribution in [3.05, 3.63) is 35.7 Å². The average Bonchev–Trinajstić information content (AvgIpc) is 3.14. The highest BCUT2D eigenvalue weighted by atomic mass is 16.5. The normalized spacial score (nSPS) is 20.9. The Hall–Kier alpha value is -2.21. The van der Waals surface area contributed by atoms with Gasteiger partial charge in [-0.05, 0) is 43.5 Å². The standard InChI is InChI=1S/C17H19N3O3/c21-10-11-7-8-20(9-11)17(22)14-5-3-13(4-6-14)16-18-15(19-23-16)12-1-2-12/h3-6,11-12,21H,1-2,7-10H2. The maximum absolute atomic E-state index is 12.5. The largest absolute Gasteiger partial charge is 0.396 e. The number of carbonyl (C=O) groups excluding carboxylic acids is 1. The molecule has 6 heteroatoms. The molecule has 1 N–H and O–H groups in total. The van der Waals surface area contributed by atoms with Gasteiger partial charge in [-0.3, -0.25) is 4.79 Å². The highest BCUT2D eigenvalue weighted by molar-refractivity contribution is 5.94. The van der Waals surface area contributed by atoms with Crippen LogP contribution in [0.15, 0.2) is 28.8 Å². The van der Waals surface area contributed by atoms with Crippen molar-refractivity contribution < 1.29 is 14.4 Å². The molecule has 2 heterocycles. The van der Waals surface area contributed by atoms with Gasteiger partial charge < -0.3 is 14.5 Å². The van der Waals surface area contributed by atoms with Crippen LogP contribution in [0.3, 0.4) is 0 Å². The van der Waals surface area contributed by atoms with E-state index in [-0.39, 0.29) is 18.4 Å². The summed E-state index contributed by atoms with van der Waals surface area (Å²) in [6.45, 7) is 1.48. The number of likely N-dealkylation sites (tertiary alicyclic amines) is 1. The van der Waals surface area contributed by atoms with E-state index in [0.29, 0.717) is 30.5 Å². The van der Waals surface area contributed by atoms with Gasteiger partial charge in [-0.2, -0.15) is 4.98 Å². The summed E-state index contributed by atoms with van der Waals surface area (Å²) in [4.78, 5) is 18.7. The van der Waals surface area contributed by atoms with Crippen LogP contribution >= 0.6 is 0 Å². The molecular formula is C17H19N3O3. The highest BCUT2D eigenvalue weighted by Gasteiger charge is 2.29. The van der Waals surface area contributed by atoms with Gasteiger partial charge in [-0.1, -0.05) is 5.16 Å². The number of benzene rings is 1. The van der Waals surface area contributed by atoms with Crippen LogP contribution in [0.2, 0.25) is 0 Å². The van der Waals surface area contributed by atoms with E-state index >= 15 is 0 Å². The Morgan fingerprint density at radius 3 is 2.70 bits per heavy atom. The molecule has 2 fully saturated rings. The molecule has 1 amide bonds. The van der Waals surface area contributed by atoms with Crippen molar-refractivity contribution in [2.75, 3.05) is 19.7 Å². The molecule has 1 aliphatic heterocycles. The molecule has 120 valence electrons. The summed E-state index contributed by atoms with van der Waals surface area (Å²) in [5, 5.41) is 13.2. The molecule has 1 saturated heterocycles. The minimum absolute atomic E-state index is 0.0108. The minimum atomic E-state index is 0.0108. The summed E-state index contributed by atoms with van der Waals surface area (Å²) in [7, 11) is 0. The van der Waals surface area contributed by atoms with Gasteiger partial charge in [0.25, 0.3) is 11.8 Å². The fraction of sp³-hybridized carbons (Fsp3) is 0.471. The van der Waals surface area contributed by atoms with Crippen molar-refractivity contribution in [3.63, 3.8) is 0 Å². The van der Waals surface area contributed by atoms with Crippen molar-refractivity contribution in [1.82, 2.24) is 15.0 Å². The van der Waals surface area contributed by atoms with Crippen LogP contribution in [-0.2, 0) is 0 Å². The maximum atomic E-state index is 12.5. The van der Waals surface area contributed by atoms with Crippen molar-refractivity contribution in [2.45, 2.75) is 25.2 Å². The molecule has 0 radical (unpaired) electrons. The SMILES string of the molecule is O=C(c1ccc(-c2nc(C3CC3)no2)cc1)N1CCC(CO)C1. The molecule has 1 atom stereocenters. The molecule has 1 unspecified atom stereocenters. The van der Waals surface area contributed by atoms with Crippen LogP contribution in [0.25, 0.3) is 11.5 Å². The van der Waals surface area contributed by atoms with Crippen LogP contribution in [-0.4, -0.2) is 45.8 Å². The number of aromatic nitrogens is 2. The molecule has 4 rings (SSSR count). The number of hydrogen-bond acceptors (Lipinski definition) is 5. The third-order valence-corrected chi connectivity index (χ3v) is 4.59. The van der Waals surface area contributed by atoms with Crippen molar-refractivity contribution in [2.24, 2.45) is 5.92 Å². The number of aliphatic hydroxyl groups excluding tert-OH is 1. The third kappa shape index (κ3) is 2.86. The first-order chi connectivity index (χ1) is 11.2. The van der Waals surface area contributed by atoms with E-state index in [9.17, 15) is 9.90 Å². The lowest BCUT2D eigenvalue weighted by Crippen LogP contribution is -2.29. The highest BCUT2D eigenvalue weighted by Crippen LogP contribution is 2.38. The first-order valence-electron chi connectivity index (χ1n) is 8.09. The van der Waals surface area contributed by atoms with E-state index in [1.165, 1.54) is 0 Å². The number of aliphatic hydroxyl groups is 1. The number of amides is 1. The second-order valence-electron chi connectivity index (χ2n) is 6.40. The quantitative estimate of drug-likeness (QED) is 0.934. The first-order valence-corrected chi connectivity index (χ1v) is 8.09. The molecule has 23 heavy (non-hydrogen) atoms. The summed E-state index contributed by atoms with van der Waals surface area (Å²) >= 11 is 0. The Morgan fingerprint density at radius 1 is 1.26 bits per heavy atom. The van der Waals surface area contributed by atoms with Crippen LogP contribution < -0.4 is 0 Å². The zero-order valence-corrected chi connectivity index (χ0v) is 12.8. The number of hydrogen-bond donors (Lipinski definition) is 1. The van der Waals surface area contributed by atoms with Gasteiger partial charge in [0.05, 0.1) is 0 Å². The molecule has 1 aromatic heterocycles. The Morgan fingerprint density at radius 2 is 2.04 bits per heavy atom. The molecule has 6 nitrogen and oxygen atoms in total. The van der Waals surface area contributed by atoms with Gasteiger partial charge in [0.1, 0.15) is 0 Å². The number of carbonyl (C=O) groups is 1. The Kier molecular flexibility index (Phi) is 3.61. The van der Waals surface area contributed by atoms with Gasteiger partial charge in [0, 0.05) is 42.7 Å². The van der Waals surface area contributed by atoms with Crippen LogP contribution in [0.1, 0.15) is 41.4 Å². The summed E-state index contributed by atoms with van der Waals surface area (Å²) in [5.41, 5.74) is 1.48. The van der Waals surface area contributed by atoms with E-state index in [0.717, 1.165) is 30.7 Å². The molecule has 0 bridgehead atoms. The Balaban J connectivity index is 1.47. The van der Waals surface area contributed by atoms with Gasteiger partial charge in [-0.15, -0.1) is 0 Å². The molecule has 2 aliphatic rings. The smallest absolute Gasteiger partial charge is 0.257 e. The Bertz CT molecular complexity index is 706. The third-order valence-electron chi connectivity index (χ3n) is 4.59. The summed E-state index contributed by atoms with van der Waals surface area (Å²) in [5.74, 6) is 1.97. The molecule has 1 aliphatic carbocycles. The monoisotopic (exact) mass is 313 g/mol. The second kappa shape index (κ2) is 5.77. The van der Waals surface area contributed by atoms with Gasteiger partial charge >= 0.3 is 0 Å². The van der Waals surface area contributed by atoms with E-state index in [1.54, 1.807) is 17.0 Å². The van der Waals surface area contributed by atoms with Crippen LogP contribution in [0.4, 0.5) is 0 Å². The lowest BCUT2D eigenvalue weighted by Gasteiger charge is -2.16. The predicted octanol–water partition coefficient (Wildman–Crippen LogP) is 2.07. The van der Waals surface area contributed by atoms with Crippen LogP contribution in [0.5, 0.6) is 0 Å². The topological polar surface area (TPSA) is 79.5 Å². The predicted molar refractivity (Wildman–Crippen MR) is 82.8 cm³/mol. The van der Waals surface area contributed by atoms with E-state index in [1.807, 2.05) is 12.1 Å². The van der Waals surface area contributed by atoms with E-state index in [2.05, 4.69) is 10.1 Å². The van der Waals surface area contributed by atoms with Gasteiger partial charge in [-0.25, -0.2) is 0 Å². The van der Waals surface area contributed by atoms with Crippen LogP contribution in [0, 0.1) is 5.92 Å². The molecule has 1 saturated carbocycles.